The lowest BCUT2D eigenvalue weighted by Crippen LogP contribution is -2.34. The fraction of sp³-hybridized carbons (Fsp3) is 0.500. The molecule has 0 aliphatic carbocycles. The van der Waals surface area contributed by atoms with Crippen molar-refractivity contribution in [1.29, 1.82) is 0 Å². The van der Waals surface area contributed by atoms with E-state index in [4.69, 9.17) is 23.2 Å². The van der Waals surface area contributed by atoms with Gasteiger partial charge < -0.3 is 0 Å². The molecule has 19 heavy (non-hydrogen) atoms. The van der Waals surface area contributed by atoms with Gasteiger partial charge in [-0.3, -0.25) is 0 Å². The van der Waals surface area contributed by atoms with Crippen LogP contribution in [-0.2, 0) is 10.0 Å². The second kappa shape index (κ2) is 6.76. The van der Waals surface area contributed by atoms with Crippen molar-refractivity contribution in [2.45, 2.75) is 25.2 Å². The van der Waals surface area contributed by atoms with Gasteiger partial charge in [-0.15, -0.1) is 11.6 Å². The number of benzene rings is 1. The summed E-state index contributed by atoms with van der Waals surface area (Å²) < 4.78 is 27.7. The lowest BCUT2D eigenvalue weighted by molar-refractivity contribution is 0.352. The number of alkyl halides is 1. The molecule has 0 unspecified atom stereocenters. The zero-order valence-corrected chi connectivity index (χ0v) is 14.6. The summed E-state index contributed by atoms with van der Waals surface area (Å²) >= 11 is 14.9. The summed E-state index contributed by atoms with van der Waals surface area (Å²) in [5.74, 6) is 0.494. The SMILES string of the molecule is CC(C)(CCCl)CNS(=O)(=O)c1ccc(Br)cc1Cl. The Kier molecular flexibility index (Phi) is 6.14. The normalized spacial score (nSPS) is 12.7. The van der Waals surface area contributed by atoms with E-state index in [0.29, 0.717) is 12.4 Å². The van der Waals surface area contributed by atoms with Gasteiger partial charge in [0.15, 0.2) is 0 Å². The van der Waals surface area contributed by atoms with Gasteiger partial charge >= 0.3 is 0 Å². The first kappa shape index (κ1) is 17.2. The Labute approximate surface area is 132 Å². The zero-order valence-electron chi connectivity index (χ0n) is 10.7. The average molecular weight is 389 g/mol. The first-order valence-electron chi connectivity index (χ1n) is 5.69. The molecule has 0 saturated heterocycles. The highest BCUT2D eigenvalue weighted by Gasteiger charge is 2.23. The predicted octanol–water partition coefficient (Wildman–Crippen LogP) is 4.04. The molecule has 0 aliphatic rings. The van der Waals surface area contributed by atoms with Gasteiger partial charge in [0.05, 0.1) is 5.02 Å². The standard InChI is InChI=1S/C12H16BrCl2NO2S/c1-12(2,5-6-14)8-16-19(17,18)11-4-3-9(13)7-10(11)15/h3-4,7,16H,5-6,8H2,1-2H3. The number of nitrogens with one attached hydrogen (secondary N) is 1. The van der Waals surface area contributed by atoms with Crippen LogP contribution in [0.5, 0.6) is 0 Å². The molecule has 1 rings (SSSR count). The average Bonchev–Trinajstić information content (AvgIpc) is 2.26. The van der Waals surface area contributed by atoms with Crippen LogP contribution < -0.4 is 4.72 Å². The quantitative estimate of drug-likeness (QED) is 0.747. The van der Waals surface area contributed by atoms with Crippen molar-refractivity contribution in [3.63, 3.8) is 0 Å². The summed E-state index contributed by atoms with van der Waals surface area (Å²) in [7, 11) is -3.61. The van der Waals surface area contributed by atoms with Crippen molar-refractivity contribution in [2.24, 2.45) is 5.41 Å². The molecule has 1 N–H and O–H groups in total. The summed E-state index contributed by atoms with van der Waals surface area (Å²) in [5, 5.41) is 0.192. The van der Waals surface area contributed by atoms with Crippen molar-refractivity contribution in [1.82, 2.24) is 4.72 Å². The minimum Gasteiger partial charge on any atom is -0.211 e. The summed E-state index contributed by atoms with van der Waals surface area (Å²) in [6.45, 7) is 4.23. The highest BCUT2D eigenvalue weighted by molar-refractivity contribution is 9.10. The van der Waals surface area contributed by atoms with Gasteiger partial charge in [0.25, 0.3) is 0 Å². The molecule has 3 nitrogen and oxygen atoms in total. The number of halogens is 3. The topological polar surface area (TPSA) is 46.2 Å². The molecular weight excluding hydrogens is 373 g/mol. The van der Waals surface area contributed by atoms with Gasteiger partial charge in [-0.2, -0.15) is 0 Å². The number of sulfonamides is 1. The van der Waals surface area contributed by atoms with Crippen molar-refractivity contribution >= 4 is 49.2 Å². The molecule has 0 spiro atoms. The van der Waals surface area contributed by atoms with E-state index in [9.17, 15) is 8.42 Å². The highest BCUT2D eigenvalue weighted by atomic mass is 79.9. The monoisotopic (exact) mass is 387 g/mol. The Bertz CT molecular complexity index is 547. The van der Waals surface area contributed by atoms with Gasteiger partial charge in [0.1, 0.15) is 4.90 Å². The molecule has 1 aromatic carbocycles. The second-order valence-electron chi connectivity index (χ2n) is 5.00. The first-order valence-corrected chi connectivity index (χ1v) is 8.87. The molecule has 0 amide bonds. The minimum absolute atomic E-state index is 0.0824. The van der Waals surface area contributed by atoms with Crippen molar-refractivity contribution in [3.05, 3.63) is 27.7 Å². The Morgan fingerprint density at radius 2 is 2.00 bits per heavy atom. The van der Waals surface area contributed by atoms with Crippen LogP contribution >= 0.6 is 39.1 Å². The van der Waals surface area contributed by atoms with Crippen LogP contribution in [0.1, 0.15) is 20.3 Å². The maximum absolute atomic E-state index is 12.2. The summed E-state index contributed by atoms with van der Waals surface area (Å²) in [6, 6.07) is 4.67. The second-order valence-corrected chi connectivity index (χ2v) is 8.44. The van der Waals surface area contributed by atoms with Crippen LogP contribution in [-0.4, -0.2) is 20.8 Å². The summed E-state index contributed by atoms with van der Waals surface area (Å²) in [4.78, 5) is 0.0824. The maximum Gasteiger partial charge on any atom is 0.242 e. The highest BCUT2D eigenvalue weighted by Crippen LogP contribution is 2.26. The molecule has 7 heteroatoms. The molecule has 0 atom stereocenters. The van der Waals surface area contributed by atoms with E-state index in [0.717, 1.165) is 10.9 Å². The fourth-order valence-electron chi connectivity index (χ4n) is 1.41. The molecule has 0 saturated carbocycles. The Morgan fingerprint density at radius 1 is 1.37 bits per heavy atom. The first-order chi connectivity index (χ1) is 8.68. The van der Waals surface area contributed by atoms with Crippen LogP contribution in [0.15, 0.2) is 27.6 Å². The Balaban J connectivity index is 2.87. The lowest BCUT2D eigenvalue weighted by atomic mass is 9.91. The predicted molar refractivity (Wildman–Crippen MR) is 83.5 cm³/mol. The van der Waals surface area contributed by atoms with Crippen LogP contribution in [0, 0.1) is 5.41 Å². The molecule has 0 heterocycles. The molecule has 0 aromatic heterocycles. The van der Waals surface area contributed by atoms with Gasteiger partial charge in [-0.1, -0.05) is 41.4 Å². The third-order valence-corrected chi connectivity index (χ3v) is 5.26. The lowest BCUT2D eigenvalue weighted by Gasteiger charge is -2.23. The van der Waals surface area contributed by atoms with E-state index in [1.807, 2.05) is 13.8 Å². The molecule has 0 fully saturated rings. The van der Waals surface area contributed by atoms with Crippen LogP contribution in [0.4, 0.5) is 0 Å². The molecule has 1 aromatic rings. The molecule has 0 aliphatic heterocycles. The third kappa shape index (κ3) is 5.23. The van der Waals surface area contributed by atoms with Gasteiger partial charge in [0, 0.05) is 16.9 Å². The fourth-order valence-corrected chi connectivity index (χ4v) is 4.19. The minimum atomic E-state index is -3.61. The van der Waals surface area contributed by atoms with E-state index < -0.39 is 10.0 Å². The third-order valence-electron chi connectivity index (χ3n) is 2.70. The van der Waals surface area contributed by atoms with Gasteiger partial charge in [-0.25, -0.2) is 13.1 Å². The number of hydrogen-bond donors (Lipinski definition) is 1. The van der Waals surface area contributed by atoms with Crippen molar-refractivity contribution in [2.75, 3.05) is 12.4 Å². The molecule has 108 valence electrons. The smallest absolute Gasteiger partial charge is 0.211 e. The Hall–Kier alpha value is 0.190. The van der Waals surface area contributed by atoms with Crippen LogP contribution in [0.25, 0.3) is 0 Å². The van der Waals surface area contributed by atoms with Crippen LogP contribution in [0.3, 0.4) is 0 Å². The van der Waals surface area contributed by atoms with Crippen molar-refractivity contribution in [3.8, 4) is 0 Å². The zero-order chi connectivity index (χ0) is 14.7. The summed E-state index contributed by atoms with van der Waals surface area (Å²) in [6.07, 6.45) is 0.727. The van der Waals surface area contributed by atoms with E-state index in [1.54, 1.807) is 12.1 Å². The number of rotatable bonds is 6. The van der Waals surface area contributed by atoms with Crippen LogP contribution in [0.2, 0.25) is 5.02 Å². The maximum atomic E-state index is 12.2. The van der Waals surface area contributed by atoms with E-state index >= 15 is 0 Å². The largest absolute Gasteiger partial charge is 0.242 e. The van der Waals surface area contributed by atoms with Gasteiger partial charge in [0.2, 0.25) is 10.0 Å². The molecular formula is C12H16BrCl2NO2S. The summed E-state index contributed by atoms with van der Waals surface area (Å²) in [5.41, 5.74) is -0.198. The molecule has 0 bridgehead atoms. The molecule has 0 radical (unpaired) electrons. The van der Waals surface area contributed by atoms with E-state index in [2.05, 4.69) is 20.7 Å². The van der Waals surface area contributed by atoms with E-state index in [-0.39, 0.29) is 15.3 Å². The number of hydrogen-bond acceptors (Lipinski definition) is 2. The van der Waals surface area contributed by atoms with E-state index in [1.165, 1.54) is 6.07 Å². The van der Waals surface area contributed by atoms with Gasteiger partial charge in [-0.05, 0) is 30.0 Å². The Morgan fingerprint density at radius 3 is 2.53 bits per heavy atom. The van der Waals surface area contributed by atoms with Crippen molar-refractivity contribution < 1.29 is 8.42 Å².